The van der Waals surface area contributed by atoms with E-state index in [4.69, 9.17) is 0 Å². The third-order valence-corrected chi connectivity index (χ3v) is 5.48. The van der Waals surface area contributed by atoms with E-state index in [0.29, 0.717) is 12.3 Å². The first-order valence-corrected chi connectivity index (χ1v) is 10.4. The maximum Gasteiger partial charge on any atom is 0.283 e. The topological polar surface area (TPSA) is 49.7 Å². The van der Waals surface area contributed by atoms with E-state index in [9.17, 15) is 8.42 Å². The van der Waals surface area contributed by atoms with Crippen LogP contribution < -0.4 is 0 Å². The molecule has 0 heterocycles. The number of hydrogen-bond donors (Lipinski definition) is 0. The average Bonchev–Trinajstić information content (AvgIpc) is 2.55. The van der Waals surface area contributed by atoms with Gasteiger partial charge in [-0.25, -0.2) is 0 Å². The maximum atomic E-state index is 12.9. The SMILES string of the molecule is Cc1ccc(S(=O)(=O)/N=C(/Cc2ccccc2)N(C(C)C)C(C)C)cc1. The molecular formula is C21H28N2O2S. The van der Waals surface area contributed by atoms with Crippen molar-refractivity contribution in [3.63, 3.8) is 0 Å². The van der Waals surface area contributed by atoms with E-state index < -0.39 is 10.0 Å². The molecule has 2 aromatic rings. The Bertz CT molecular complexity index is 831. The molecule has 0 spiro atoms. The zero-order chi connectivity index (χ0) is 19.3. The lowest BCUT2D eigenvalue weighted by molar-refractivity contribution is 0.288. The molecule has 5 heteroatoms. The molecule has 2 aromatic carbocycles. The molecule has 0 fully saturated rings. The van der Waals surface area contributed by atoms with E-state index in [-0.39, 0.29) is 17.0 Å². The first-order valence-electron chi connectivity index (χ1n) is 8.93. The van der Waals surface area contributed by atoms with Crippen LogP contribution in [0.1, 0.15) is 38.8 Å². The van der Waals surface area contributed by atoms with Gasteiger partial charge in [-0.05, 0) is 52.3 Å². The number of aryl methyl sites for hydroxylation is 1. The average molecular weight is 373 g/mol. The zero-order valence-electron chi connectivity index (χ0n) is 16.2. The fraction of sp³-hybridized carbons (Fsp3) is 0.381. The van der Waals surface area contributed by atoms with E-state index in [1.807, 2.05) is 37.3 Å². The molecule has 0 aromatic heterocycles. The van der Waals surface area contributed by atoms with Crippen LogP contribution in [0.3, 0.4) is 0 Å². The van der Waals surface area contributed by atoms with Crippen molar-refractivity contribution in [2.45, 2.75) is 58.0 Å². The molecule has 0 saturated heterocycles. The molecule has 0 atom stereocenters. The third-order valence-electron chi connectivity index (χ3n) is 4.16. The minimum atomic E-state index is -3.76. The van der Waals surface area contributed by atoms with Crippen LogP contribution in [0.2, 0.25) is 0 Å². The van der Waals surface area contributed by atoms with E-state index in [1.165, 1.54) is 0 Å². The molecular weight excluding hydrogens is 344 g/mol. The van der Waals surface area contributed by atoms with Gasteiger partial charge in [0.05, 0.1) is 4.90 Å². The highest BCUT2D eigenvalue weighted by Gasteiger charge is 2.22. The lowest BCUT2D eigenvalue weighted by Crippen LogP contribution is -2.43. The second kappa shape index (κ2) is 8.49. The van der Waals surface area contributed by atoms with Gasteiger partial charge in [0.2, 0.25) is 0 Å². The molecule has 0 saturated carbocycles. The summed E-state index contributed by atoms with van der Waals surface area (Å²) in [6.07, 6.45) is 0.474. The fourth-order valence-electron chi connectivity index (χ4n) is 3.04. The van der Waals surface area contributed by atoms with Crippen molar-refractivity contribution in [3.8, 4) is 0 Å². The highest BCUT2D eigenvalue weighted by molar-refractivity contribution is 7.90. The van der Waals surface area contributed by atoms with Crippen LogP contribution in [0.5, 0.6) is 0 Å². The monoisotopic (exact) mass is 372 g/mol. The van der Waals surface area contributed by atoms with E-state index >= 15 is 0 Å². The molecule has 0 unspecified atom stereocenters. The van der Waals surface area contributed by atoms with Crippen LogP contribution >= 0.6 is 0 Å². The lowest BCUT2D eigenvalue weighted by atomic mass is 10.1. The molecule has 2 rings (SSSR count). The Kier molecular flexibility index (Phi) is 6.59. The summed E-state index contributed by atoms with van der Waals surface area (Å²) in [5.74, 6) is 0.571. The summed E-state index contributed by atoms with van der Waals surface area (Å²) in [4.78, 5) is 2.29. The van der Waals surface area contributed by atoms with Crippen LogP contribution in [0.15, 0.2) is 63.9 Å². The molecule has 140 valence electrons. The number of rotatable bonds is 6. The third kappa shape index (κ3) is 5.18. The number of amidine groups is 1. The zero-order valence-corrected chi connectivity index (χ0v) is 17.0. The highest BCUT2D eigenvalue weighted by atomic mass is 32.2. The van der Waals surface area contributed by atoms with Crippen molar-refractivity contribution in [1.29, 1.82) is 0 Å². The maximum absolute atomic E-state index is 12.9. The number of nitrogens with zero attached hydrogens (tertiary/aromatic N) is 2. The molecule has 0 bridgehead atoms. The lowest BCUT2D eigenvalue weighted by Gasteiger charge is -2.34. The van der Waals surface area contributed by atoms with Crippen molar-refractivity contribution < 1.29 is 8.42 Å². The Balaban J connectivity index is 2.50. The second-order valence-electron chi connectivity index (χ2n) is 7.05. The van der Waals surface area contributed by atoms with Gasteiger partial charge in [0.15, 0.2) is 0 Å². The molecule has 4 nitrogen and oxygen atoms in total. The first kappa shape index (κ1) is 20.2. The molecule has 0 aliphatic rings. The molecule has 0 aliphatic carbocycles. The van der Waals surface area contributed by atoms with Gasteiger partial charge in [-0.3, -0.25) is 0 Å². The summed E-state index contributed by atoms with van der Waals surface area (Å²) in [6.45, 7) is 10.1. The Labute approximate surface area is 157 Å². The second-order valence-corrected chi connectivity index (χ2v) is 8.66. The molecule has 0 radical (unpaired) electrons. The highest BCUT2D eigenvalue weighted by Crippen LogP contribution is 2.18. The Hall–Kier alpha value is -2.14. The molecule has 26 heavy (non-hydrogen) atoms. The number of hydrogen-bond acceptors (Lipinski definition) is 2. The van der Waals surface area contributed by atoms with Crippen LogP contribution in [0.4, 0.5) is 0 Å². The summed E-state index contributed by atoms with van der Waals surface area (Å²) in [5.41, 5.74) is 2.06. The van der Waals surface area contributed by atoms with Gasteiger partial charge in [0.1, 0.15) is 5.84 Å². The predicted molar refractivity (Wildman–Crippen MR) is 108 cm³/mol. The summed E-state index contributed by atoms with van der Waals surface area (Å²) >= 11 is 0. The predicted octanol–water partition coefficient (Wildman–Crippen LogP) is 4.44. The van der Waals surface area contributed by atoms with Crippen molar-refractivity contribution in [2.24, 2.45) is 4.40 Å². The van der Waals surface area contributed by atoms with Crippen molar-refractivity contribution in [2.75, 3.05) is 0 Å². The van der Waals surface area contributed by atoms with Gasteiger partial charge >= 0.3 is 0 Å². The Morgan fingerprint density at radius 3 is 1.96 bits per heavy atom. The van der Waals surface area contributed by atoms with E-state index in [2.05, 4.69) is 37.0 Å². The minimum Gasteiger partial charge on any atom is -0.354 e. The molecule has 0 amide bonds. The first-order chi connectivity index (χ1) is 12.2. The Morgan fingerprint density at radius 1 is 0.923 bits per heavy atom. The normalized spacial score (nSPS) is 12.7. The summed E-state index contributed by atoms with van der Waals surface area (Å²) in [6, 6.07) is 17.0. The van der Waals surface area contributed by atoms with Gasteiger partial charge in [-0.15, -0.1) is 4.40 Å². The fourth-order valence-corrected chi connectivity index (χ4v) is 4.06. The molecule has 0 aliphatic heterocycles. The standard InChI is InChI=1S/C21H28N2O2S/c1-16(2)23(17(3)4)21(15-19-9-7-6-8-10-19)22-26(24,25)20-13-11-18(5)12-14-20/h6-14,16-17H,15H2,1-5H3/b22-21-. The van der Waals surface area contributed by atoms with Crippen molar-refractivity contribution in [1.82, 2.24) is 4.90 Å². The minimum absolute atomic E-state index is 0.144. The van der Waals surface area contributed by atoms with Gasteiger partial charge in [-0.2, -0.15) is 8.42 Å². The smallest absolute Gasteiger partial charge is 0.283 e. The van der Waals surface area contributed by atoms with E-state index in [0.717, 1.165) is 11.1 Å². The summed E-state index contributed by atoms with van der Waals surface area (Å²) in [7, 11) is -3.76. The van der Waals surface area contributed by atoms with Crippen molar-refractivity contribution >= 4 is 15.9 Å². The van der Waals surface area contributed by atoms with Crippen LogP contribution in [-0.2, 0) is 16.4 Å². The summed E-state index contributed by atoms with van der Waals surface area (Å²) in [5, 5.41) is 0. The van der Waals surface area contributed by atoms with Gasteiger partial charge in [0, 0.05) is 18.5 Å². The van der Waals surface area contributed by atoms with Crippen LogP contribution in [0, 0.1) is 6.92 Å². The number of sulfonamides is 1. The van der Waals surface area contributed by atoms with Gasteiger partial charge in [0.25, 0.3) is 10.0 Å². The van der Waals surface area contributed by atoms with Crippen LogP contribution in [-0.4, -0.2) is 31.2 Å². The van der Waals surface area contributed by atoms with E-state index in [1.54, 1.807) is 24.3 Å². The number of benzene rings is 2. The largest absolute Gasteiger partial charge is 0.354 e. The Morgan fingerprint density at radius 2 is 1.46 bits per heavy atom. The van der Waals surface area contributed by atoms with Crippen LogP contribution in [0.25, 0.3) is 0 Å². The summed E-state index contributed by atoms with van der Waals surface area (Å²) < 4.78 is 30.0. The quantitative estimate of drug-likeness (QED) is 0.556. The van der Waals surface area contributed by atoms with Crippen molar-refractivity contribution in [3.05, 3.63) is 65.7 Å². The van der Waals surface area contributed by atoms with Gasteiger partial charge < -0.3 is 4.90 Å². The van der Waals surface area contributed by atoms with Gasteiger partial charge in [-0.1, -0.05) is 48.0 Å². The molecule has 0 N–H and O–H groups in total.